The smallest absolute Gasteiger partial charge is 0.335 e. The predicted molar refractivity (Wildman–Crippen MR) is 54.4 cm³/mol. The number of aliphatic hydroxyl groups is 6. The maximum atomic E-state index is 10.3. The Bertz CT molecular complexity index is 302. The van der Waals surface area contributed by atoms with Gasteiger partial charge in [-0.15, -0.1) is 0 Å². The van der Waals surface area contributed by atoms with Crippen LogP contribution in [0.3, 0.4) is 0 Å². The van der Waals surface area contributed by atoms with Crippen LogP contribution >= 0.6 is 0 Å². The van der Waals surface area contributed by atoms with Gasteiger partial charge in [0.15, 0.2) is 12.4 Å². The lowest BCUT2D eigenvalue weighted by Crippen LogP contribution is -2.60. The third-order valence-electron chi connectivity index (χ3n) is 2.58. The minimum atomic E-state index is -2.53. The standard InChI is InChI=1S/C9H16O9/c1-9(18,3(11)2-10)7(15)5(13)4(12)6(14)8(16)17/h2-7,11-15,18H,1H3,(H,16,17). The van der Waals surface area contributed by atoms with Crippen molar-refractivity contribution in [2.45, 2.75) is 43.0 Å². The van der Waals surface area contributed by atoms with E-state index in [1.165, 1.54) is 0 Å². The zero-order chi connectivity index (χ0) is 14.7. The lowest BCUT2D eigenvalue weighted by atomic mass is 9.86. The van der Waals surface area contributed by atoms with E-state index >= 15 is 0 Å². The predicted octanol–water partition coefficient (Wildman–Crippen LogP) is -4.17. The van der Waals surface area contributed by atoms with Crippen LogP contribution in [0.2, 0.25) is 0 Å². The van der Waals surface area contributed by atoms with Crippen LogP contribution < -0.4 is 0 Å². The number of aldehydes is 1. The molecule has 0 aliphatic carbocycles. The van der Waals surface area contributed by atoms with E-state index in [-0.39, 0.29) is 6.29 Å². The van der Waals surface area contributed by atoms with Crippen LogP contribution in [0.1, 0.15) is 6.92 Å². The van der Waals surface area contributed by atoms with Crippen molar-refractivity contribution in [3.8, 4) is 0 Å². The second kappa shape index (κ2) is 6.18. The number of hydrogen-bond donors (Lipinski definition) is 7. The molecule has 6 unspecified atom stereocenters. The van der Waals surface area contributed by atoms with Gasteiger partial charge in [0.25, 0.3) is 0 Å². The summed E-state index contributed by atoms with van der Waals surface area (Å²) in [6.45, 7) is 0.791. The van der Waals surface area contributed by atoms with Crippen LogP contribution in [0.4, 0.5) is 0 Å². The minimum Gasteiger partial charge on any atom is -0.479 e. The number of carbonyl (C=O) groups is 2. The van der Waals surface area contributed by atoms with Crippen LogP contribution in [0, 0.1) is 0 Å². The van der Waals surface area contributed by atoms with Gasteiger partial charge in [-0.3, -0.25) is 0 Å². The third kappa shape index (κ3) is 3.45. The van der Waals surface area contributed by atoms with Crippen molar-refractivity contribution in [1.29, 1.82) is 0 Å². The summed E-state index contributed by atoms with van der Waals surface area (Å²) in [4.78, 5) is 20.6. The van der Waals surface area contributed by atoms with Gasteiger partial charge in [0, 0.05) is 0 Å². The normalized spacial score (nSPS) is 23.3. The molecule has 106 valence electrons. The summed E-state index contributed by atoms with van der Waals surface area (Å²) in [5, 5.41) is 64.0. The lowest BCUT2D eigenvalue weighted by molar-refractivity contribution is -0.197. The maximum absolute atomic E-state index is 10.3. The van der Waals surface area contributed by atoms with E-state index in [0.29, 0.717) is 0 Å². The van der Waals surface area contributed by atoms with Crippen molar-refractivity contribution >= 4 is 12.3 Å². The Morgan fingerprint density at radius 3 is 1.89 bits per heavy atom. The van der Waals surface area contributed by atoms with Crippen molar-refractivity contribution in [3.63, 3.8) is 0 Å². The summed E-state index contributed by atoms with van der Waals surface area (Å²) < 4.78 is 0. The summed E-state index contributed by atoms with van der Waals surface area (Å²) in [5.41, 5.74) is -2.53. The minimum absolute atomic E-state index is 0.115. The molecule has 6 atom stereocenters. The first-order valence-electron chi connectivity index (χ1n) is 4.88. The quantitative estimate of drug-likeness (QED) is 0.226. The fourth-order valence-electron chi connectivity index (χ4n) is 1.18. The molecule has 0 aromatic rings. The van der Waals surface area contributed by atoms with Crippen molar-refractivity contribution in [2.24, 2.45) is 0 Å². The molecule has 0 saturated carbocycles. The molecule has 0 fully saturated rings. The highest BCUT2D eigenvalue weighted by Gasteiger charge is 2.46. The highest BCUT2D eigenvalue weighted by atomic mass is 16.4. The van der Waals surface area contributed by atoms with Gasteiger partial charge in [-0.1, -0.05) is 0 Å². The van der Waals surface area contributed by atoms with Crippen molar-refractivity contribution in [1.82, 2.24) is 0 Å². The molecule has 18 heavy (non-hydrogen) atoms. The Labute approximate surface area is 102 Å². The van der Waals surface area contributed by atoms with E-state index in [0.717, 1.165) is 6.92 Å². The Balaban J connectivity index is 4.93. The van der Waals surface area contributed by atoms with Crippen LogP contribution in [0.25, 0.3) is 0 Å². The monoisotopic (exact) mass is 268 g/mol. The molecule has 0 aromatic carbocycles. The van der Waals surface area contributed by atoms with Crippen LogP contribution in [-0.4, -0.2) is 84.1 Å². The summed E-state index contributed by atoms with van der Waals surface area (Å²) >= 11 is 0. The van der Waals surface area contributed by atoms with Crippen LogP contribution in [0.15, 0.2) is 0 Å². The van der Waals surface area contributed by atoms with Gasteiger partial charge in [-0.05, 0) is 6.92 Å². The molecule has 0 radical (unpaired) electrons. The summed E-state index contributed by atoms with van der Waals surface area (Å²) in [6, 6.07) is 0. The van der Waals surface area contributed by atoms with Crippen LogP contribution in [0.5, 0.6) is 0 Å². The number of aliphatic hydroxyl groups excluding tert-OH is 5. The summed E-state index contributed by atoms with van der Waals surface area (Å²) in [6.07, 6.45) is -11.5. The van der Waals surface area contributed by atoms with Gasteiger partial charge in [0.1, 0.15) is 30.0 Å². The SMILES string of the molecule is CC(O)(C(O)C=O)C(O)C(O)C(O)C(O)C(=O)O. The molecule has 9 heteroatoms. The van der Waals surface area contributed by atoms with Gasteiger partial charge in [0.05, 0.1) is 0 Å². The lowest BCUT2D eigenvalue weighted by Gasteiger charge is -2.35. The van der Waals surface area contributed by atoms with Crippen molar-refractivity contribution < 1.29 is 45.3 Å². The summed E-state index contributed by atoms with van der Waals surface area (Å²) in [7, 11) is 0. The number of hydrogen-bond acceptors (Lipinski definition) is 8. The number of carboxylic acids is 1. The third-order valence-corrected chi connectivity index (χ3v) is 2.58. The molecule has 0 bridgehead atoms. The first-order chi connectivity index (χ1) is 8.07. The molecular weight excluding hydrogens is 252 g/mol. The molecule has 0 saturated heterocycles. The zero-order valence-corrected chi connectivity index (χ0v) is 9.41. The second-order valence-electron chi connectivity index (χ2n) is 4.02. The molecule has 0 aliphatic heterocycles. The van der Waals surface area contributed by atoms with E-state index in [4.69, 9.17) is 15.3 Å². The molecule has 0 aliphatic rings. The Kier molecular flexibility index (Phi) is 5.80. The second-order valence-corrected chi connectivity index (χ2v) is 4.02. The van der Waals surface area contributed by atoms with Gasteiger partial charge >= 0.3 is 5.97 Å². The first kappa shape index (κ1) is 16.9. The molecule has 9 nitrogen and oxygen atoms in total. The number of aliphatic carboxylic acids is 1. The highest BCUT2D eigenvalue weighted by molar-refractivity contribution is 5.72. The molecule has 7 N–H and O–H groups in total. The molecule has 0 aromatic heterocycles. The Morgan fingerprint density at radius 2 is 1.56 bits per heavy atom. The zero-order valence-electron chi connectivity index (χ0n) is 9.41. The fourth-order valence-corrected chi connectivity index (χ4v) is 1.18. The van der Waals surface area contributed by atoms with Gasteiger partial charge in [0.2, 0.25) is 0 Å². The molecule has 0 rings (SSSR count). The van der Waals surface area contributed by atoms with Gasteiger partial charge in [-0.2, -0.15) is 0 Å². The van der Waals surface area contributed by atoms with Crippen molar-refractivity contribution in [3.05, 3.63) is 0 Å². The average molecular weight is 268 g/mol. The Morgan fingerprint density at radius 1 is 1.11 bits per heavy atom. The van der Waals surface area contributed by atoms with Crippen LogP contribution in [-0.2, 0) is 9.59 Å². The first-order valence-corrected chi connectivity index (χ1v) is 4.88. The van der Waals surface area contributed by atoms with E-state index < -0.39 is 42.1 Å². The Hall–Kier alpha value is -1.10. The fraction of sp³-hybridized carbons (Fsp3) is 0.778. The number of carbonyl (C=O) groups excluding carboxylic acids is 1. The topological polar surface area (TPSA) is 176 Å². The molecular formula is C9H16O9. The maximum Gasteiger partial charge on any atom is 0.335 e. The highest BCUT2D eigenvalue weighted by Crippen LogP contribution is 2.20. The summed E-state index contributed by atoms with van der Waals surface area (Å²) in [5.74, 6) is -1.86. The largest absolute Gasteiger partial charge is 0.479 e. The van der Waals surface area contributed by atoms with E-state index in [9.17, 15) is 30.0 Å². The van der Waals surface area contributed by atoms with Gasteiger partial charge < -0.3 is 40.5 Å². The molecule has 0 heterocycles. The average Bonchev–Trinajstić information content (AvgIpc) is 2.33. The van der Waals surface area contributed by atoms with Crippen molar-refractivity contribution in [2.75, 3.05) is 0 Å². The van der Waals surface area contributed by atoms with E-state index in [1.807, 2.05) is 0 Å². The molecule has 0 spiro atoms. The molecule has 0 amide bonds. The van der Waals surface area contributed by atoms with Gasteiger partial charge in [-0.25, -0.2) is 4.79 Å². The number of rotatable bonds is 7. The van der Waals surface area contributed by atoms with E-state index in [1.54, 1.807) is 0 Å². The number of carboxylic acid groups (broad SMARTS) is 1. The van der Waals surface area contributed by atoms with E-state index in [2.05, 4.69) is 0 Å².